The molecule has 0 aliphatic carbocycles. The zero-order valence-electron chi connectivity index (χ0n) is 11.5. The van der Waals surface area contributed by atoms with Crippen molar-refractivity contribution in [1.29, 1.82) is 0 Å². The van der Waals surface area contributed by atoms with Crippen molar-refractivity contribution in [2.45, 2.75) is 18.2 Å². The van der Waals surface area contributed by atoms with Crippen LogP contribution in [0.4, 0.5) is 5.69 Å². The van der Waals surface area contributed by atoms with Gasteiger partial charge in [-0.25, -0.2) is 8.42 Å². The van der Waals surface area contributed by atoms with Crippen molar-refractivity contribution in [3.05, 3.63) is 48.0 Å². The largest absolute Gasteiger partial charge is 0.455 e. The average Bonchev–Trinajstić information content (AvgIpc) is 2.40. The number of aryl methyl sites for hydroxylation is 1. The van der Waals surface area contributed by atoms with E-state index >= 15 is 0 Å². The van der Waals surface area contributed by atoms with Gasteiger partial charge >= 0.3 is 0 Å². The Kier molecular flexibility index (Phi) is 3.99. The maximum atomic E-state index is 11.6. The predicted octanol–water partition coefficient (Wildman–Crippen LogP) is 3.03. The minimum Gasteiger partial charge on any atom is -0.455 e. The Morgan fingerprint density at radius 3 is 2.30 bits per heavy atom. The van der Waals surface area contributed by atoms with Crippen LogP contribution in [0.1, 0.15) is 12.5 Å². The standard InChI is InChI=1S/C15H17NO3S/c1-3-11-7-9-12(10-8-11)19-13-5-4-6-14(15(13)16)20(2,17)18/h4-10H,3,16H2,1-2H3. The van der Waals surface area contributed by atoms with Gasteiger partial charge in [0.25, 0.3) is 0 Å². The van der Waals surface area contributed by atoms with Gasteiger partial charge in [0.2, 0.25) is 0 Å². The SMILES string of the molecule is CCc1ccc(Oc2cccc(S(C)(=O)=O)c2N)cc1. The van der Waals surface area contributed by atoms with E-state index in [1.165, 1.54) is 11.6 Å². The fourth-order valence-corrected chi connectivity index (χ4v) is 2.68. The zero-order chi connectivity index (χ0) is 14.8. The molecule has 106 valence electrons. The number of ether oxygens (including phenoxy) is 1. The molecule has 2 N–H and O–H groups in total. The van der Waals surface area contributed by atoms with Gasteiger partial charge in [0.05, 0.1) is 10.6 Å². The van der Waals surface area contributed by atoms with Gasteiger partial charge in [-0.05, 0) is 36.2 Å². The average molecular weight is 291 g/mol. The first-order valence-corrected chi connectivity index (χ1v) is 8.16. The third kappa shape index (κ3) is 3.11. The molecule has 0 radical (unpaired) electrons. The Morgan fingerprint density at radius 2 is 1.75 bits per heavy atom. The predicted molar refractivity (Wildman–Crippen MR) is 79.9 cm³/mol. The van der Waals surface area contributed by atoms with Gasteiger partial charge in [-0.2, -0.15) is 0 Å². The van der Waals surface area contributed by atoms with Crippen molar-refractivity contribution >= 4 is 15.5 Å². The molecular formula is C15H17NO3S. The van der Waals surface area contributed by atoms with Gasteiger partial charge in [0.1, 0.15) is 5.75 Å². The smallest absolute Gasteiger partial charge is 0.177 e. The van der Waals surface area contributed by atoms with Crippen LogP contribution < -0.4 is 10.5 Å². The molecular weight excluding hydrogens is 274 g/mol. The summed E-state index contributed by atoms with van der Waals surface area (Å²) in [6.45, 7) is 2.07. The summed E-state index contributed by atoms with van der Waals surface area (Å²) >= 11 is 0. The topological polar surface area (TPSA) is 69.4 Å². The molecule has 0 saturated carbocycles. The van der Waals surface area contributed by atoms with E-state index < -0.39 is 9.84 Å². The zero-order valence-corrected chi connectivity index (χ0v) is 12.3. The number of benzene rings is 2. The molecule has 0 aliphatic rings. The lowest BCUT2D eigenvalue weighted by molar-refractivity contribution is 0.483. The Balaban J connectivity index is 2.34. The molecule has 0 atom stereocenters. The lowest BCUT2D eigenvalue weighted by Gasteiger charge is -2.11. The van der Waals surface area contributed by atoms with Crippen LogP contribution in [0.2, 0.25) is 0 Å². The molecule has 0 fully saturated rings. The molecule has 2 aromatic rings. The second-order valence-electron chi connectivity index (χ2n) is 4.54. The molecule has 20 heavy (non-hydrogen) atoms. The highest BCUT2D eigenvalue weighted by Gasteiger charge is 2.15. The fraction of sp³-hybridized carbons (Fsp3) is 0.200. The van der Waals surface area contributed by atoms with Crippen LogP contribution in [0.5, 0.6) is 11.5 Å². The second-order valence-corrected chi connectivity index (χ2v) is 6.52. The first-order chi connectivity index (χ1) is 9.41. The fourth-order valence-electron chi connectivity index (χ4n) is 1.86. The van der Waals surface area contributed by atoms with Gasteiger partial charge < -0.3 is 10.5 Å². The van der Waals surface area contributed by atoms with E-state index in [0.29, 0.717) is 11.5 Å². The van der Waals surface area contributed by atoms with Crippen molar-refractivity contribution < 1.29 is 13.2 Å². The number of nitrogens with two attached hydrogens (primary N) is 1. The van der Waals surface area contributed by atoms with Crippen molar-refractivity contribution in [2.75, 3.05) is 12.0 Å². The summed E-state index contributed by atoms with van der Waals surface area (Å²) in [7, 11) is -3.36. The van der Waals surface area contributed by atoms with Crippen molar-refractivity contribution in [3.63, 3.8) is 0 Å². The van der Waals surface area contributed by atoms with Crippen molar-refractivity contribution in [3.8, 4) is 11.5 Å². The van der Waals surface area contributed by atoms with Gasteiger partial charge in [-0.1, -0.05) is 25.1 Å². The van der Waals surface area contributed by atoms with Gasteiger partial charge in [-0.3, -0.25) is 0 Å². The Labute approximate surface area is 119 Å². The van der Waals surface area contributed by atoms with E-state index in [-0.39, 0.29) is 10.6 Å². The summed E-state index contributed by atoms with van der Waals surface area (Å²) < 4.78 is 28.9. The van der Waals surface area contributed by atoms with Gasteiger partial charge in [0, 0.05) is 6.26 Å². The van der Waals surface area contributed by atoms with Crippen LogP contribution in [0, 0.1) is 0 Å². The summed E-state index contributed by atoms with van der Waals surface area (Å²) in [5.41, 5.74) is 7.21. The molecule has 0 bridgehead atoms. The molecule has 2 aromatic carbocycles. The quantitative estimate of drug-likeness (QED) is 0.879. The third-order valence-electron chi connectivity index (χ3n) is 2.98. The Hall–Kier alpha value is -2.01. The van der Waals surface area contributed by atoms with Crippen LogP contribution in [0.15, 0.2) is 47.4 Å². The molecule has 2 rings (SSSR count). The van der Waals surface area contributed by atoms with E-state index in [1.807, 2.05) is 24.3 Å². The minimum atomic E-state index is -3.36. The Morgan fingerprint density at radius 1 is 1.10 bits per heavy atom. The number of para-hydroxylation sites is 1. The third-order valence-corrected chi connectivity index (χ3v) is 4.14. The van der Waals surface area contributed by atoms with Crippen LogP contribution in [-0.4, -0.2) is 14.7 Å². The summed E-state index contributed by atoms with van der Waals surface area (Å²) in [4.78, 5) is 0.0835. The number of rotatable bonds is 4. The van der Waals surface area contributed by atoms with Crippen LogP contribution in [0.3, 0.4) is 0 Å². The normalized spacial score (nSPS) is 11.3. The highest BCUT2D eigenvalue weighted by atomic mass is 32.2. The molecule has 0 saturated heterocycles. The molecule has 0 aromatic heterocycles. The molecule has 0 spiro atoms. The summed E-state index contributed by atoms with van der Waals surface area (Å²) in [6, 6.07) is 12.3. The number of anilines is 1. The minimum absolute atomic E-state index is 0.0835. The number of sulfone groups is 1. The second kappa shape index (κ2) is 5.54. The van der Waals surface area contributed by atoms with E-state index in [9.17, 15) is 8.42 Å². The van der Waals surface area contributed by atoms with Crippen molar-refractivity contribution in [2.24, 2.45) is 0 Å². The van der Waals surface area contributed by atoms with Crippen LogP contribution in [0.25, 0.3) is 0 Å². The number of hydrogen-bond acceptors (Lipinski definition) is 4. The monoisotopic (exact) mass is 291 g/mol. The molecule has 4 nitrogen and oxygen atoms in total. The van der Waals surface area contributed by atoms with Crippen LogP contribution in [-0.2, 0) is 16.3 Å². The molecule has 0 unspecified atom stereocenters. The number of hydrogen-bond donors (Lipinski definition) is 1. The lowest BCUT2D eigenvalue weighted by Crippen LogP contribution is -2.03. The first kappa shape index (κ1) is 14.4. The number of nitrogen functional groups attached to an aromatic ring is 1. The molecule has 0 amide bonds. The summed E-state index contributed by atoms with van der Waals surface area (Å²) in [5.74, 6) is 0.969. The molecule has 5 heteroatoms. The lowest BCUT2D eigenvalue weighted by atomic mass is 10.2. The van der Waals surface area contributed by atoms with E-state index in [4.69, 9.17) is 10.5 Å². The van der Waals surface area contributed by atoms with Gasteiger partial charge in [0.15, 0.2) is 15.6 Å². The van der Waals surface area contributed by atoms with E-state index in [0.717, 1.165) is 12.7 Å². The summed E-state index contributed by atoms with van der Waals surface area (Å²) in [5, 5.41) is 0. The maximum Gasteiger partial charge on any atom is 0.177 e. The van der Waals surface area contributed by atoms with Crippen molar-refractivity contribution in [1.82, 2.24) is 0 Å². The highest BCUT2D eigenvalue weighted by molar-refractivity contribution is 7.90. The van der Waals surface area contributed by atoms with Gasteiger partial charge in [-0.15, -0.1) is 0 Å². The Bertz CT molecular complexity index is 706. The molecule has 0 heterocycles. The molecule has 0 aliphatic heterocycles. The van der Waals surface area contributed by atoms with Crippen LogP contribution >= 0.6 is 0 Å². The first-order valence-electron chi connectivity index (χ1n) is 6.27. The highest BCUT2D eigenvalue weighted by Crippen LogP contribution is 2.32. The maximum absolute atomic E-state index is 11.6. The summed E-state index contributed by atoms with van der Waals surface area (Å²) in [6.07, 6.45) is 2.07. The van der Waals surface area contributed by atoms with E-state index in [2.05, 4.69) is 6.92 Å². The van der Waals surface area contributed by atoms with E-state index in [1.54, 1.807) is 12.1 Å².